The van der Waals surface area contributed by atoms with E-state index in [0.29, 0.717) is 12.1 Å². The first-order chi connectivity index (χ1) is 7.16. The van der Waals surface area contributed by atoms with Crippen molar-refractivity contribution < 1.29 is 9.59 Å². The summed E-state index contributed by atoms with van der Waals surface area (Å²) < 4.78 is 0. The van der Waals surface area contributed by atoms with Gasteiger partial charge in [-0.3, -0.25) is 9.59 Å². The van der Waals surface area contributed by atoms with Gasteiger partial charge in [0.1, 0.15) is 0 Å². The highest BCUT2D eigenvalue weighted by molar-refractivity contribution is 5.98. The number of primary amides is 1. The van der Waals surface area contributed by atoms with Crippen molar-refractivity contribution in [3.8, 4) is 0 Å². The van der Waals surface area contributed by atoms with Crippen molar-refractivity contribution in [1.29, 1.82) is 0 Å². The minimum absolute atomic E-state index is 0.0459. The number of carbonyl (C=O) groups is 2. The lowest BCUT2D eigenvalue weighted by molar-refractivity contribution is -0.113. The van der Waals surface area contributed by atoms with Gasteiger partial charge in [0.15, 0.2) is 0 Å². The van der Waals surface area contributed by atoms with Gasteiger partial charge in [-0.15, -0.1) is 0 Å². The van der Waals surface area contributed by atoms with E-state index >= 15 is 0 Å². The van der Waals surface area contributed by atoms with E-state index in [-0.39, 0.29) is 5.91 Å². The van der Waals surface area contributed by atoms with E-state index < -0.39 is 5.91 Å². The van der Waals surface area contributed by atoms with Gasteiger partial charge in [-0.2, -0.15) is 0 Å². The van der Waals surface area contributed by atoms with Crippen LogP contribution < -0.4 is 11.1 Å². The molecule has 0 spiro atoms. The van der Waals surface area contributed by atoms with Gasteiger partial charge >= 0.3 is 0 Å². The van der Waals surface area contributed by atoms with Gasteiger partial charge in [0.2, 0.25) is 5.91 Å². The second kappa shape index (κ2) is 3.57. The maximum atomic E-state index is 11.2. The van der Waals surface area contributed by atoms with E-state index in [9.17, 15) is 9.59 Å². The Hall–Kier alpha value is -2.10. The molecule has 1 aliphatic heterocycles. The number of nitrogens with one attached hydrogen (secondary N) is 1. The highest BCUT2D eigenvalue weighted by atomic mass is 16.2. The van der Waals surface area contributed by atoms with Gasteiger partial charge in [-0.05, 0) is 29.3 Å². The third-order valence-corrected chi connectivity index (χ3v) is 2.25. The van der Waals surface area contributed by atoms with Crippen LogP contribution in [0.3, 0.4) is 0 Å². The molecule has 0 saturated heterocycles. The summed E-state index contributed by atoms with van der Waals surface area (Å²) >= 11 is 0. The number of fused-ring (bicyclic) bond motifs is 1. The monoisotopic (exact) mass is 202 g/mol. The van der Waals surface area contributed by atoms with Gasteiger partial charge in [-0.1, -0.05) is 6.07 Å². The number of rotatable bonds is 2. The van der Waals surface area contributed by atoms with Crippen molar-refractivity contribution in [2.24, 2.45) is 5.73 Å². The second-order valence-corrected chi connectivity index (χ2v) is 3.33. The molecule has 4 heteroatoms. The van der Waals surface area contributed by atoms with E-state index in [1.807, 2.05) is 6.07 Å². The summed E-state index contributed by atoms with van der Waals surface area (Å²) in [4.78, 5) is 21.8. The van der Waals surface area contributed by atoms with Crippen LogP contribution in [0.15, 0.2) is 24.3 Å². The van der Waals surface area contributed by atoms with Crippen molar-refractivity contribution in [3.05, 3.63) is 41.0 Å². The Morgan fingerprint density at radius 3 is 3.00 bits per heavy atom. The summed E-state index contributed by atoms with van der Waals surface area (Å²) in [6, 6.07) is 5.40. The fourth-order valence-corrected chi connectivity index (χ4v) is 1.53. The summed E-state index contributed by atoms with van der Waals surface area (Å²) in [6.45, 7) is 0.548. The first-order valence-corrected chi connectivity index (χ1v) is 4.55. The standard InChI is InChI=1S/C11H10N2O2/c12-10(14)4-2-7-1-3-9-8(5-7)6-13-11(9)15/h1-5H,6H2,(H2,12,14)(H,13,15). The molecule has 0 unspecified atom stereocenters. The van der Waals surface area contributed by atoms with Gasteiger partial charge in [0, 0.05) is 18.2 Å². The van der Waals surface area contributed by atoms with Gasteiger partial charge in [-0.25, -0.2) is 0 Å². The number of amides is 2. The zero-order valence-electron chi connectivity index (χ0n) is 7.99. The molecule has 2 amide bonds. The van der Waals surface area contributed by atoms with Crippen molar-refractivity contribution in [2.75, 3.05) is 0 Å². The molecular formula is C11H10N2O2. The van der Waals surface area contributed by atoms with Crippen LogP contribution in [-0.4, -0.2) is 11.8 Å². The van der Waals surface area contributed by atoms with Gasteiger partial charge < -0.3 is 11.1 Å². The predicted octanol–water partition coefficient (Wildman–Crippen LogP) is 0.428. The first-order valence-electron chi connectivity index (χ1n) is 4.55. The Morgan fingerprint density at radius 2 is 2.27 bits per heavy atom. The lowest BCUT2D eigenvalue weighted by atomic mass is 10.1. The molecule has 0 saturated carbocycles. The summed E-state index contributed by atoms with van der Waals surface area (Å²) in [7, 11) is 0. The molecule has 2 rings (SSSR count). The Labute approximate surface area is 86.8 Å². The predicted molar refractivity (Wildman–Crippen MR) is 55.8 cm³/mol. The molecule has 0 fully saturated rings. The molecule has 1 aliphatic rings. The average molecular weight is 202 g/mol. The molecule has 15 heavy (non-hydrogen) atoms. The van der Waals surface area contributed by atoms with Crippen molar-refractivity contribution in [3.63, 3.8) is 0 Å². The van der Waals surface area contributed by atoms with E-state index in [1.165, 1.54) is 6.08 Å². The van der Waals surface area contributed by atoms with E-state index in [4.69, 9.17) is 5.73 Å². The Kier molecular flexibility index (Phi) is 2.25. The molecular weight excluding hydrogens is 192 g/mol. The van der Waals surface area contributed by atoms with Crippen molar-refractivity contribution >= 4 is 17.9 Å². The van der Waals surface area contributed by atoms with Crippen molar-refractivity contribution in [2.45, 2.75) is 6.54 Å². The average Bonchev–Trinajstić information content (AvgIpc) is 2.57. The van der Waals surface area contributed by atoms with E-state index in [2.05, 4.69) is 5.32 Å². The van der Waals surface area contributed by atoms with E-state index in [0.717, 1.165) is 11.1 Å². The van der Waals surface area contributed by atoms with Crippen LogP contribution in [0.2, 0.25) is 0 Å². The number of hydrogen-bond acceptors (Lipinski definition) is 2. The van der Waals surface area contributed by atoms with Crippen molar-refractivity contribution in [1.82, 2.24) is 5.32 Å². The van der Waals surface area contributed by atoms with Crippen LogP contribution >= 0.6 is 0 Å². The topological polar surface area (TPSA) is 72.2 Å². The van der Waals surface area contributed by atoms with Crippen LogP contribution in [-0.2, 0) is 11.3 Å². The molecule has 0 atom stereocenters. The minimum Gasteiger partial charge on any atom is -0.366 e. The zero-order chi connectivity index (χ0) is 10.8. The van der Waals surface area contributed by atoms with Crippen LogP contribution in [0.5, 0.6) is 0 Å². The molecule has 0 bridgehead atoms. The quantitative estimate of drug-likeness (QED) is 0.682. The number of hydrogen-bond donors (Lipinski definition) is 2. The number of benzene rings is 1. The fraction of sp³-hybridized carbons (Fsp3) is 0.0909. The largest absolute Gasteiger partial charge is 0.366 e. The number of carbonyl (C=O) groups excluding carboxylic acids is 2. The Balaban J connectivity index is 2.31. The molecule has 1 aromatic carbocycles. The van der Waals surface area contributed by atoms with Crippen LogP contribution in [0, 0.1) is 0 Å². The highest BCUT2D eigenvalue weighted by Crippen LogP contribution is 2.17. The van der Waals surface area contributed by atoms with Crippen LogP contribution in [0.1, 0.15) is 21.5 Å². The Morgan fingerprint density at radius 1 is 1.47 bits per heavy atom. The SMILES string of the molecule is NC(=O)C=Cc1ccc2c(c1)CNC2=O. The second-order valence-electron chi connectivity index (χ2n) is 3.33. The fourth-order valence-electron chi connectivity index (χ4n) is 1.53. The first kappa shape index (κ1) is 9.45. The summed E-state index contributed by atoms with van der Waals surface area (Å²) in [5.74, 6) is -0.528. The maximum absolute atomic E-state index is 11.2. The molecule has 1 aromatic rings. The van der Waals surface area contributed by atoms with Crippen LogP contribution in [0.25, 0.3) is 6.08 Å². The van der Waals surface area contributed by atoms with Gasteiger partial charge in [0.25, 0.3) is 5.91 Å². The van der Waals surface area contributed by atoms with Crippen LogP contribution in [0.4, 0.5) is 0 Å². The lowest BCUT2D eigenvalue weighted by Gasteiger charge is -1.97. The smallest absolute Gasteiger partial charge is 0.251 e. The Bertz CT molecular complexity index is 464. The molecule has 3 N–H and O–H groups in total. The van der Waals surface area contributed by atoms with E-state index in [1.54, 1.807) is 18.2 Å². The molecule has 76 valence electrons. The molecule has 1 heterocycles. The zero-order valence-corrected chi connectivity index (χ0v) is 7.99. The summed E-state index contributed by atoms with van der Waals surface area (Å²) in [6.07, 6.45) is 2.93. The molecule has 4 nitrogen and oxygen atoms in total. The highest BCUT2D eigenvalue weighted by Gasteiger charge is 2.17. The normalized spacial score (nSPS) is 14.0. The third kappa shape index (κ3) is 1.88. The maximum Gasteiger partial charge on any atom is 0.251 e. The van der Waals surface area contributed by atoms with Gasteiger partial charge in [0.05, 0.1) is 0 Å². The summed E-state index contributed by atoms with van der Waals surface area (Å²) in [5.41, 5.74) is 7.50. The molecule has 0 radical (unpaired) electrons. The lowest BCUT2D eigenvalue weighted by Crippen LogP contribution is -2.12. The minimum atomic E-state index is -0.482. The molecule has 0 aromatic heterocycles. The number of nitrogens with two attached hydrogens (primary N) is 1. The summed E-state index contributed by atoms with van der Waals surface area (Å²) in [5, 5.41) is 2.72. The third-order valence-electron chi connectivity index (χ3n) is 2.25. The molecule has 0 aliphatic carbocycles.